The maximum Gasteiger partial charge on any atom is 0.317 e. The van der Waals surface area contributed by atoms with E-state index in [1.165, 1.54) is 6.20 Å². The van der Waals surface area contributed by atoms with E-state index in [0.717, 1.165) is 86.3 Å². The number of piperidine rings is 1. The van der Waals surface area contributed by atoms with Crippen molar-refractivity contribution in [3.05, 3.63) is 77.6 Å². The molecule has 52 heavy (non-hydrogen) atoms. The minimum Gasteiger partial charge on any atom is -0.480 e. The van der Waals surface area contributed by atoms with Crippen LogP contribution >= 0.6 is 0 Å². The van der Waals surface area contributed by atoms with Gasteiger partial charge in [-0.15, -0.1) is 0 Å². The number of halogens is 3. The van der Waals surface area contributed by atoms with Crippen molar-refractivity contribution in [2.24, 2.45) is 5.92 Å². The number of anilines is 2. The lowest BCUT2D eigenvalue weighted by Crippen LogP contribution is -2.49. The Balaban J connectivity index is 1.01. The molecule has 2 aromatic carbocycles. The third-order valence-electron chi connectivity index (χ3n) is 10.3. The predicted octanol–water partition coefficient (Wildman–Crippen LogP) is 4.36. The van der Waals surface area contributed by atoms with Crippen molar-refractivity contribution >= 4 is 44.4 Å². The molecule has 276 valence electrons. The average Bonchev–Trinajstić information content (AvgIpc) is 3.77. The lowest BCUT2D eigenvalue weighted by molar-refractivity contribution is -0.138. The molecule has 5 heterocycles. The number of hydrogen-bond acceptors (Lipinski definition) is 8. The maximum absolute atomic E-state index is 15.6. The van der Waals surface area contributed by atoms with Crippen molar-refractivity contribution in [2.75, 3.05) is 75.1 Å². The third-order valence-corrected chi connectivity index (χ3v) is 11.8. The van der Waals surface area contributed by atoms with Gasteiger partial charge in [0.2, 0.25) is 5.78 Å². The summed E-state index contributed by atoms with van der Waals surface area (Å²) in [4.78, 5) is 38.7. The van der Waals surface area contributed by atoms with Crippen molar-refractivity contribution in [2.45, 2.75) is 25.4 Å². The van der Waals surface area contributed by atoms with Gasteiger partial charge in [-0.2, -0.15) is 12.7 Å². The smallest absolute Gasteiger partial charge is 0.317 e. The highest BCUT2D eigenvalue weighted by Gasteiger charge is 2.33. The first-order chi connectivity index (χ1) is 24.9. The SMILES string of the molecule is O=C(O)CN1CCN(CC2CCN(c3ccc(-c4cnc5[nH]cc(C(=O)c6c(F)ccc(NS(=O)(=O)N7CC[C@@H](F)C7)c6F)c5c4)cc3)CC2)CC1. The Morgan fingerprint density at radius 1 is 0.923 bits per heavy atom. The first-order valence-electron chi connectivity index (χ1n) is 17.4. The maximum atomic E-state index is 15.6. The zero-order chi connectivity index (χ0) is 36.6. The standard InChI is InChI=1S/C36H40F3N7O5S/c37-26-9-12-46(21-26)52(50,51)42-31-6-5-30(38)33(34(31)39)35(49)29-19-41-36-28(29)17-25(18-40-36)24-1-3-27(4-2-24)45-10-7-23(8-11-45)20-43-13-15-44(16-14-43)22-32(47)48/h1-6,17-19,23,26,42H,7-16,20-22H2,(H,40,41)(H,47,48)/t26-/m1/s1. The average molecular weight is 740 g/mol. The van der Waals surface area contributed by atoms with Crippen LogP contribution in [-0.4, -0.2) is 121 Å². The number of nitrogens with one attached hydrogen (secondary N) is 2. The molecule has 0 bridgehead atoms. The molecule has 12 nitrogen and oxygen atoms in total. The molecule has 2 aromatic heterocycles. The van der Waals surface area contributed by atoms with Crippen LogP contribution in [0.2, 0.25) is 0 Å². The van der Waals surface area contributed by atoms with Crippen LogP contribution in [0.5, 0.6) is 0 Å². The van der Waals surface area contributed by atoms with Gasteiger partial charge in [0.05, 0.1) is 17.8 Å². The number of aliphatic carboxylic acids is 1. The largest absolute Gasteiger partial charge is 0.480 e. The van der Waals surface area contributed by atoms with Gasteiger partial charge in [0.1, 0.15) is 17.6 Å². The molecule has 0 radical (unpaired) electrons. The number of hydrogen-bond donors (Lipinski definition) is 3. The number of nitrogens with zero attached hydrogens (tertiary/aromatic N) is 5. The van der Waals surface area contributed by atoms with Gasteiger partial charge in [-0.1, -0.05) is 12.1 Å². The van der Waals surface area contributed by atoms with Crippen molar-refractivity contribution in [1.82, 2.24) is 24.1 Å². The van der Waals surface area contributed by atoms with Gasteiger partial charge in [-0.3, -0.25) is 19.2 Å². The zero-order valence-corrected chi connectivity index (χ0v) is 29.2. The summed E-state index contributed by atoms with van der Waals surface area (Å²) in [6.07, 6.45) is 3.76. The number of aromatic nitrogens is 2. The van der Waals surface area contributed by atoms with Crippen LogP contribution < -0.4 is 9.62 Å². The van der Waals surface area contributed by atoms with Gasteiger partial charge in [-0.05, 0) is 61.1 Å². The first kappa shape index (κ1) is 35.9. The van der Waals surface area contributed by atoms with Crippen LogP contribution in [0.25, 0.3) is 22.2 Å². The van der Waals surface area contributed by atoms with Crippen molar-refractivity contribution in [3.8, 4) is 11.1 Å². The summed E-state index contributed by atoms with van der Waals surface area (Å²) in [5.41, 5.74) is 1.36. The number of pyridine rings is 1. The molecule has 3 aliphatic rings. The predicted molar refractivity (Wildman–Crippen MR) is 190 cm³/mol. The van der Waals surface area contributed by atoms with E-state index >= 15 is 8.78 Å². The molecule has 7 rings (SSSR count). The highest BCUT2D eigenvalue weighted by atomic mass is 32.2. The Morgan fingerprint density at radius 2 is 1.63 bits per heavy atom. The van der Waals surface area contributed by atoms with Crippen molar-refractivity contribution in [1.29, 1.82) is 0 Å². The normalized spacial score (nSPS) is 19.8. The van der Waals surface area contributed by atoms with E-state index in [1.807, 2.05) is 33.9 Å². The Labute approximate surface area is 299 Å². The molecule has 0 unspecified atom stereocenters. The van der Waals surface area contributed by atoms with Crippen molar-refractivity contribution < 1.29 is 36.3 Å². The summed E-state index contributed by atoms with van der Waals surface area (Å²) in [6, 6.07) is 11.4. The van der Waals surface area contributed by atoms with E-state index in [4.69, 9.17) is 5.11 Å². The Morgan fingerprint density at radius 3 is 2.31 bits per heavy atom. The van der Waals surface area contributed by atoms with Crippen LogP contribution in [0.1, 0.15) is 35.2 Å². The molecule has 3 fully saturated rings. The monoisotopic (exact) mass is 739 g/mol. The Hall–Kier alpha value is -4.51. The molecule has 3 N–H and O–H groups in total. The number of rotatable bonds is 11. The number of piperazine rings is 1. The molecule has 0 amide bonds. The fourth-order valence-corrected chi connectivity index (χ4v) is 8.63. The number of H-pyrrole nitrogens is 1. The Kier molecular flexibility index (Phi) is 10.2. The number of carbonyl (C=O) groups excluding carboxylic acids is 1. The summed E-state index contributed by atoms with van der Waals surface area (Å²) in [5, 5.41) is 9.38. The van der Waals surface area contributed by atoms with Gasteiger partial charge in [0.15, 0.2) is 5.82 Å². The number of benzene rings is 2. The fourth-order valence-electron chi connectivity index (χ4n) is 7.36. The van der Waals surface area contributed by atoms with Crippen LogP contribution in [0.15, 0.2) is 54.9 Å². The van der Waals surface area contributed by atoms with Crippen LogP contribution in [0.4, 0.5) is 24.5 Å². The number of carboxylic acids is 1. The molecule has 16 heteroatoms. The van der Waals surface area contributed by atoms with E-state index in [2.05, 4.69) is 19.8 Å². The lowest BCUT2D eigenvalue weighted by Gasteiger charge is -2.39. The number of fused-ring (bicyclic) bond motifs is 1. The van der Waals surface area contributed by atoms with Gasteiger partial charge >= 0.3 is 16.2 Å². The quantitative estimate of drug-likeness (QED) is 0.192. The van der Waals surface area contributed by atoms with Crippen LogP contribution in [0, 0.1) is 17.6 Å². The molecule has 0 spiro atoms. The number of ketones is 1. The molecule has 0 saturated carbocycles. The molecular weight excluding hydrogens is 700 g/mol. The third kappa shape index (κ3) is 7.65. The minimum absolute atomic E-state index is 0.0101. The summed E-state index contributed by atoms with van der Waals surface area (Å²) < 4.78 is 72.6. The van der Waals surface area contributed by atoms with Crippen molar-refractivity contribution in [3.63, 3.8) is 0 Å². The fraction of sp³-hybridized carbons (Fsp3) is 0.417. The molecular formula is C36H40F3N7O5S. The highest BCUT2D eigenvalue weighted by Crippen LogP contribution is 2.32. The Bertz CT molecular complexity index is 2060. The van der Waals surface area contributed by atoms with E-state index in [9.17, 15) is 22.4 Å². The summed E-state index contributed by atoms with van der Waals surface area (Å²) in [6.45, 7) is 5.85. The number of alkyl halides is 1. The second kappa shape index (κ2) is 14.8. The van der Waals surface area contributed by atoms with Gasteiger partial charge in [0, 0.05) is 93.5 Å². The zero-order valence-electron chi connectivity index (χ0n) is 28.4. The molecule has 3 aliphatic heterocycles. The summed E-state index contributed by atoms with van der Waals surface area (Å²) in [5.74, 6) is -3.73. The number of carbonyl (C=O) groups is 2. The second-order valence-corrected chi connectivity index (χ2v) is 15.4. The topological polar surface area (TPSA) is 142 Å². The minimum atomic E-state index is -4.34. The van der Waals surface area contributed by atoms with E-state index in [0.29, 0.717) is 22.5 Å². The summed E-state index contributed by atoms with van der Waals surface area (Å²) >= 11 is 0. The molecule has 0 aliphatic carbocycles. The molecule has 4 aromatic rings. The molecule has 1 atom stereocenters. The number of carboxylic acid groups (broad SMARTS) is 1. The van der Waals surface area contributed by atoms with Crippen LogP contribution in [0.3, 0.4) is 0 Å². The number of aromatic amines is 1. The van der Waals surface area contributed by atoms with E-state index in [-0.39, 0.29) is 31.6 Å². The van der Waals surface area contributed by atoms with Crippen LogP contribution in [-0.2, 0) is 15.0 Å². The van der Waals surface area contributed by atoms with Gasteiger partial charge in [0.25, 0.3) is 0 Å². The first-order valence-corrected chi connectivity index (χ1v) is 18.8. The van der Waals surface area contributed by atoms with E-state index < -0.39 is 51.0 Å². The van der Waals surface area contributed by atoms with Gasteiger partial charge in [-0.25, -0.2) is 18.2 Å². The molecule has 3 saturated heterocycles. The van der Waals surface area contributed by atoms with E-state index in [1.54, 1.807) is 12.3 Å². The lowest BCUT2D eigenvalue weighted by atomic mass is 9.95. The second-order valence-electron chi connectivity index (χ2n) is 13.7. The summed E-state index contributed by atoms with van der Waals surface area (Å²) in [7, 11) is -4.34. The van der Waals surface area contributed by atoms with Gasteiger partial charge < -0.3 is 19.9 Å². The highest BCUT2D eigenvalue weighted by molar-refractivity contribution is 7.90.